The molecule has 112 valence electrons. The van der Waals surface area contributed by atoms with Crippen LogP contribution < -0.4 is 10.6 Å². The van der Waals surface area contributed by atoms with Gasteiger partial charge < -0.3 is 10.6 Å². The number of piperidine rings is 1. The Balaban J connectivity index is 0.00000200. The van der Waals surface area contributed by atoms with Crippen molar-refractivity contribution in [3.05, 3.63) is 33.8 Å². The van der Waals surface area contributed by atoms with E-state index >= 15 is 0 Å². The Kier molecular flexibility index (Phi) is 6.59. The normalized spacial score (nSPS) is 17.1. The molecule has 1 aromatic carbocycles. The van der Waals surface area contributed by atoms with Gasteiger partial charge in [0, 0.05) is 5.54 Å². The predicted molar refractivity (Wildman–Crippen MR) is 86.1 cm³/mol. The molecule has 6 heteroatoms. The number of hydrogen-bond acceptors (Lipinski definition) is 2. The van der Waals surface area contributed by atoms with Crippen molar-refractivity contribution in [2.24, 2.45) is 0 Å². The van der Waals surface area contributed by atoms with E-state index in [4.69, 9.17) is 23.2 Å². The summed E-state index contributed by atoms with van der Waals surface area (Å²) in [4.78, 5) is 12.1. The number of hydrogen-bond donors (Lipinski definition) is 2. The Bertz CT molecular complexity index is 473. The molecule has 1 aromatic rings. The molecule has 1 aliphatic rings. The van der Waals surface area contributed by atoms with E-state index in [9.17, 15) is 4.79 Å². The van der Waals surface area contributed by atoms with E-state index in [2.05, 4.69) is 17.6 Å². The first kappa shape index (κ1) is 17.6. The van der Waals surface area contributed by atoms with E-state index in [0.29, 0.717) is 16.5 Å². The first-order valence-electron chi connectivity index (χ1n) is 6.44. The van der Waals surface area contributed by atoms with Crippen molar-refractivity contribution in [1.82, 2.24) is 10.6 Å². The van der Waals surface area contributed by atoms with Gasteiger partial charge >= 0.3 is 0 Å². The molecule has 0 unspecified atom stereocenters. The lowest BCUT2D eigenvalue weighted by Gasteiger charge is -2.35. The first-order valence-corrected chi connectivity index (χ1v) is 7.20. The molecule has 1 amide bonds. The van der Waals surface area contributed by atoms with Gasteiger partial charge in [0.15, 0.2) is 0 Å². The Morgan fingerprint density at radius 1 is 1.30 bits per heavy atom. The summed E-state index contributed by atoms with van der Waals surface area (Å²) < 4.78 is 0. The monoisotopic (exact) mass is 336 g/mol. The lowest BCUT2D eigenvalue weighted by Crippen LogP contribution is -2.52. The van der Waals surface area contributed by atoms with Crippen LogP contribution in [0, 0.1) is 0 Å². The van der Waals surface area contributed by atoms with E-state index in [0.717, 1.165) is 31.5 Å². The smallest absolute Gasteiger partial charge is 0.224 e. The molecule has 0 aliphatic carbocycles. The lowest BCUT2D eigenvalue weighted by atomic mass is 9.90. The Morgan fingerprint density at radius 3 is 2.55 bits per heavy atom. The van der Waals surface area contributed by atoms with Gasteiger partial charge in [-0.25, -0.2) is 0 Å². The molecule has 1 heterocycles. The number of carbonyl (C=O) groups is 1. The van der Waals surface area contributed by atoms with Crippen LogP contribution in [0.25, 0.3) is 0 Å². The van der Waals surface area contributed by atoms with E-state index in [-0.39, 0.29) is 23.9 Å². The van der Waals surface area contributed by atoms with Gasteiger partial charge in [-0.2, -0.15) is 0 Å². The summed E-state index contributed by atoms with van der Waals surface area (Å²) in [6.45, 7) is 3.99. The topological polar surface area (TPSA) is 41.1 Å². The van der Waals surface area contributed by atoms with Gasteiger partial charge in [0.2, 0.25) is 5.91 Å². The van der Waals surface area contributed by atoms with Crippen LogP contribution in [0.15, 0.2) is 18.2 Å². The van der Waals surface area contributed by atoms with Crippen molar-refractivity contribution in [1.29, 1.82) is 0 Å². The molecule has 1 saturated heterocycles. The SMILES string of the molecule is CC1(NC(=O)Cc2ccc(Cl)c(Cl)c2)CCNCC1.Cl. The summed E-state index contributed by atoms with van der Waals surface area (Å²) in [7, 11) is 0. The molecular formula is C14H19Cl3N2O. The molecule has 0 bridgehead atoms. The number of benzene rings is 1. The van der Waals surface area contributed by atoms with Gasteiger partial charge in [-0.05, 0) is 50.6 Å². The highest BCUT2D eigenvalue weighted by atomic mass is 35.5. The first-order chi connectivity index (χ1) is 8.98. The maximum absolute atomic E-state index is 12.1. The van der Waals surface area contributed by atoms with Crippen molar-refractivity contribution >= 4 is 41.5 Å². The van der Waals surface area contributed by atoms with Crippen molar-refractivity contribution in [2.75, 3.05) is 13.1 Å². The fourth-order valence-electron chi connectivity index (χ4n) is 2.32. The zero-order valence-electron chi connectivity index (χ0n) is 11.3. The number of rotatable bonds is 3. The third kappa shape index (κ3) is 4.81. The minimum atomic E-state index is -0.0987. The highest BCUT2D eigenvalue weighted by Crippen LogP contribution is 2.23. The molecule has 1 fully saturated rings. The fourth-order valence-corrected chi connectivity index (χ4v) is 2.64. The molecule has 0 spiro atoms. The Labute approximate surface area is 135 Å². The third-order valence-electron chi connectivity index (χ3n) is 3.50. The minimum absolute atomic E-state index is 0. The summed E-state index contributed by atoms with van der Waals surface area (Å²) in [5.74, 6) is 0.0304. The number of halogens is 3. The fraction of sp³-hybridized carbons (Fsp3) is 0.500. The van der Waals surface area contributed by atoms with Crippen molar-refractivity contribution < 1.29 is 4.79 Å². The third-order valence-corrected chi connectivity index (χ3v) is 4.24. The van der Waals surface area contributed by atoms with Crippen molar-refractivity contribution in [3.8, 4) is 0 Å². The van der Waals surface area contributed by atoms with Gasteiger partial charge in [-0.15, -0.1) is 12.4 Å². The predicted octanol–water partition coefficient (Wildman–Crippen LogP) is 3.22. The average molecular weight is 338 g/mol. The molecule has 20 heavy (non-hydrogen) atoms. The molecule has 2 rings (SSSR count). The van der Waals surface area contributed by atoms with Gasteiger partial charge in [0.1, 0.15) is 0 Å². The second-order valence-corrected chi connectivity index (χ2v) is 6.10. The zero-order chi connectivity index (χ0) is 13.9. The van der Waals surface area contributed by atoms with Crippen LogP contribution in [-0.4, -0.2) is 24.5 Å². The van der Waals surface area contributed by atoms with Gasteiger partial charge in [-0.1, -0.05) is 29.3 Å². The average Bonchev–Trinajstić information content (AvgIpc) is 2.34. The van der Waals surface area contributed by atoms with Gasteiger partial charge in [0.25, 0.3) is 0 Å². The number of amides is 1. The molecule has 0 saturated carbocycles. The van der Waals surface area contributed by atoms with Crippen LogP contribution in [0.2, 0.25) is 10.0 Å². The van der Waals surface area contributed by atoms with Crippen LogP contribution in [0.5, 0.6) is 0 Å². The molecular weight excluding hydrogens is 319 g/mol. The zero-order valence-corrected chi connectivity index (χ0v) is 13.7. The number of nitrogens with one attached hydrogen (secondary N) is 2. The van der Waals surface area contributed by atoms with Crippen molar-refractivity contribution in [3.63, 3.8) is 0 Å². The summed E-state index contributed by atoms with van der Waals surface area (Å²) in [5, 5.41) is 7.41. The molecule has 0 atom stereocenters. The second-order valence-electron chi connectivity index (χ2n) is 5.28. The van der Waals surface area contributed by atoms with E-state index in [1.54, 1.807) is 12.1 Å². The van der Waals surface area contributed by atoms with Crippen LogP contribution in [-0.2, 0) is 11.2 Å². The van der Waals surface area contributed by atoms with E-state index < -0.39 is 0 Å². The largest absolute Gasteiger partial charge is 0.351 e. The van der Waals surface area contributed by atoms with Gasteiger partial charge in [-0.3, -0.25) is 4.79 Å². The molecule has 2 N–H and O–H groups in total. The van der Waals surface area contributed by atoms with Crippen LogP contribution in [0.3, 0.4) is 0 Å². The highest BCUT2D eigenvalue weighted by Gasteiger charge is 2.28. The Hall–Kier alpha value is -0.480. The molecule has 3 nitrogen and oxygen atoms in total. The summed E-state index contributed by atoms with van der Waals surface area (Å²) in [6, 6.07) is 5.30. The lowest BCUT2D eigenvalue weighted by molar-refractivity contribution is -0.122. The summed E-state index contributed by atoms with van der Waals surface area (Å²) in [5.41, 5.74) is 0.780. The van der Waals surface area contributed by atoms with Crippen LogP contribution in [0.1, 0.15) is 25.3 Å². The Morgan fingerprint density at radius 2 is 1.95 bits per heavy atom. The quantitative estimate of drug-likeness (QED) is 0.889. The van der Waals surface area contributed by atoms with Crippen molar-refractivity contribution in [2.45, 2.75) is 31.7 Å². The molecule has 1 aliphatic heterocycles. The highest BCUT2D eigenvalue weighted by molar-refractivity contribution is 6.42. The summed E-state index contributed by atoms with van der Waals surface area (Å²) in [6.07, 6.45) is 2.25. The standard InChI is InChI=1S/C14H18Cl2N2O.ClH/c1-14(4-6-17-7-5-14)18-13(19)9-10-2-3-11(15)12(16)8-10;/h2-3,8,17H,4-7,9H2,1H3,(H,18,19);1H. The summed E-state index contributed by atoms with van der Waals surface area (Å²) >= 11 is 11.8. The number of carbonyl (C=O) groups excluding carboxylic acids is 1. The maximum Gasteiger partial charge on any atom is 0.224 e. The van der Waals surface area contributed by atoms with E-state index in [1.165, 1.54) is 0 Å². The minimum Gasteiger partial charge on any atom is -0.351 e. The second kappa shape index (κ2) is 7.51. The molecule has 0 aromatic heterocycles. The van der Waals surface area contributed by atoms with Gasteiger partial charge in [0.05, 0.1) is 16.5 Å². The van der Waals surface area contributed by atoms with Crippen LogP contribution >= 0.6 is 35.6 Å². The maximum atomic E-state index is 12.1. The van der Waals surface area contributed by atoms with Crippen LogP contribution in [0.4, 0.5) is 0 Å². The molecule has 0 radical (unpaired) electrons. The van der Waals surface area contributed by atoms with E-state index in [1.807, 2.05) is 6.07 Å².